The van der Waals surface area contributed by atoms with Crippen molar-refractivity contribution in [2.45, 2.75) is 32.1 Å². The number of rotatable bonds is 9. The topological polar surface area (TPSA) is 53.6 Å². The first-order valence-electron chi connectivity index (χ1n) is 7.45. The number of guanidine groups is 1. The van der Waals surface area contributed by atoms with E-state index in [0.717, 1.165) is 18.7 Å². The van der Waals surface area contributed by atoms with Crippen LogP contribution in [0.3, 0.4) is 0 Å². The van der Waals surface area contributed by atoms with Crippen LogP contribution in [0.4, 0.5) is 5.69 Å². The van der Waals surface area contributed by atoms with Gasteiger partial charge in [0.1, 0.15) is 0 Å². The first-order valence-corrected chi connectivity index (χ1v) is 7.45. The molecule has 4 heteroatoms. The number of nitrogens with zero attached hydrogens (tertiary/aromatic N) is 2. The normalized spacial score (nSPS) is 11.8. The second-order valence-corrected chi connectivity index (χ2v) is 5.33. The number of benzene rings is 1. The lowest BCUT2D eigenvalue weighted by atomic mass is 10.1. The molecule has 0 amide bonds. The second kappa shape index (κ2) is 10.3. The van der Waals surface area contributed by atoms with Gasteiger partial charge in [-0.15, -0.1) is 0 Å². The number of nitrogens with one attached hydrogen (secondary N) is 1. The molecule has 20 heavy (non-hydrogen) atoms. The molecular formula is C16H28N4. The van der Waals surface area contributed by atoms with Crippen molar-refractivity contribution in [3.63, 3.8) is 0 Å². The maximum absolute atomic E-state index is 5.83. The fourth-order valence-electron chi connectivity index (χ4n) is 1.98. The Hall–Kier alpha value is -1.55. The molecule has 0 heterocycles. The lowest BCUT2D eigenvalue weighted by Crippen LogP contribution is -2.22. The van der Waals surface area contributed by atoms with Gasteiger partial charge >= 0.3 is 0 Å². The van der Waals surface area contributed by atoms with Crippen LogP contribution in [0.25, 0.3) is 0 Å². The summed E-state index contributed by atoms with van der Waals surface area (Å²) in [6.45, 7) is 1.99. The first-order chi connectivity index (χ1) is 9.68. The molecule has 0 bridgehead atoms. The summed E-state index contributed by atoms with van der Waals surface area (Å²) in [5, 5.41) is 3.09. The predicted octanol–water partition coefficient (Wildman–Crippen LogP) is 2.93. The Morgan fingerprint density at radius 3 is 2.40 bits per heavy atom. The van der Waals surface area contributed by atoms with Gasteiger partial charge in [0.25, 0.3) is 0 Å². The molecule has 0 radical (unpaired) electrons. The van der Waals surface area contributed by atoms with Crippen molar-refractivity contribution in [3.05, 3.63) is 30.3 Å². The molecule has 0 aliphatic heterocycles. The van der Waals surface area contributed by atoms with E-state index in [0.29, 0.717) is 5.96 Å². The molecule has 0 aliphatic carbocycles. The van der Waals surface area contributed by atoms with E-state index in [1.165, 1.54) is 32.2 Å². The Balaban J connectivity index is 2.03. The number of nitrogens with two attached hydrogens (primary N) is 1. The van der Waals surface area contributed by atoms with Crippen LogP contribution in [0.1, 0.15) is 32.1 Å². The van der Waals surface area contributed by atoms with Crippen molar-refractivity contribution in [1.29, 1.82) is 0 Å². The van der Waals surface area contributed by atoms with E-state index in [2.05, 4.69) is 29.3 Å². The summed E-state index contributed by atoms with van der Waals surface area (Å²) in [7, 11) is 4.24. The predicted molar refractivity (Wildman–Crippen MR) is 88.2 cm³/mol. The number of hydrogen-bond acceptors (Lipinski definition) is 2. The van der Waals surface area contributed by atoms with Crippen LogP contribution in [-0.2, 0) is 0 Å². The fraction of sp³-hybridized carbons (Fsp3) is 0.562. The molecule has 1 rings (SSSR count). The first kappa shape index (κ1) is 16.5. The van der Waals surface area contributed by atoms with Gasteiger partial charge in [-0.3, -0.25) is 4.99 Å². The number of unbranched alkanes of at least 4 members (excludes halogenated alkanes) is 4. The van der Waals surface area contributed by atoms with Gasteiger partial charge in [-0.2, -0.15) is 0 Å². The van der Waals surface area contributed by atoms with Gasteiger partial charge < -0.3 is 16.0 Å². The molecule has 1 aromatic carbocycles. The van der Waals surface area contributed by atoms with Gasteiger partial charge in [0.05, 0.1) is 0 Å². The molecule has 0 saturated carbocycles. The van der Waals surface area contributed by atoms with Crippen LogP contribution in [0.5, 0.6) is 0 Å². The Labute approximate surface area is 123 Å². The minimum Gasteiger partial charge on any atom is -0.370 e. The maximum atomic E-state index is 5.83. The van der Waals surface area contributed by atoms with Crippen LogP contribution >= 0.6 is 0 Å². The molecule has 0 spiro atoms. The van der Waals surface area contributed by atoms with Crippen molar-refractivity contribution in [1.82, 2.24) is 4.90 Å². The molecule has 0 atom stereocenters. The summed E-state index contributed by atoms with van der Waals surface area (Å²) in [5.41, 5.74) is 6.82. The quantitative estimate of drug-likeness (QED) is 0.414. The van der Waals surface area contributed by atoms with E-state index in [1.54, 1.807) is 0 Å². The third-order valence-electron chi connectivity index (χ3n) is 3.09. The lowest BCUT2D eigenvalue weighted by Gasteiger charge is -2.08. The van der Waals surface area contributed by atoms with Crippen LogP contribution < -0.4 is 11.1 Å². The van der Waals surface area contributed by atoms with Crippen molar-refractivity contribution in [2.24, 2.45) is 10.7 Å². The van der Waals surface area contributed by atoms with E-state index < -0.39 is 0 Å². The number of hydrogen-bond donors (Lipinski definition) is 2. The summed E-state index contributed by atoms with van der Waals surface area (Å²) in [6.07, 6.45) is 6.22. The lowest BCUT2D eigenvalue weighted by molar-refractivity contribution is 0.390. The molecule has 3 N–H and O–H groups in total. The van der Waals surface area contributed by atoms with Crippen LogP contribution in [0, 0.1) is 0 Å². The summed E-state index contributed by atoms with van der Waals surface area (Å²) in [5.74, 6) is 0.504. The minimum absolute atomic E-state index is 0.504. The maximum Gasteiger partial charge on any atom is 0.193 e. The molecular weight excluding hydrogens is 248 g/mol. The largest absolute Gasteiger partial charge is 0.370 e. The Kier molecular flexibility index (Phi) is 8.47. The summed E-state index contributed by atoms with van der Waals surface area (Å²) >= 11 is 0. The minimum atomic E-state index is 0.504. The van der Waals surface area contributed by atoms with Gasteiger partial charge in [-0.05, 0) is 45.6 Å². The highest BCUT2D eigenvalue weighted by molar-refractivity contribution is 5.92. The van der Waals surface area contributed by atoms with E-state index in [4.69, 9.17) is 5.73 Å². The monoisotopic (exact) mass is 276 g/mol. The zero-order chi connectivity index (χ0) is 14.6. The second-order valence-electron chi connectivity index (χ2n) is 5.33. The highest BCUT2D eigenvalue weighted by atomic mass is 15.1. The van der Waals surface area contributed by atoms with Crippen molar-refractivity contribution < 1.29 is 0 Å². The molecule has 0 aliphatic rings. The fourth-order valence-corrected chi connectivity index (χ4v) is 1.98. The zero-order valence-corrected chi connectivity index (χ0v) is 12.8. The van der Waals surface area contributed by atoms with Gasteiger partial charge in [-0.25, -0.2) is 0 Å². The van der Waals surface area contributed by atoms with Crippen molar-refractivity contribution in [2.75, 3.05) is 32.5 Å². The Bertz CT molecular complexity index is 373. The Morgan fingerprint density at radius 2 is 1.70 bits per heavy atom. The summed E-state index contributed by atoms with van der Waals surface area (Å²) < 4.78 is 0. The molecule has 0 aromatic heterocycles. The smallest absolute Gasteiger partial charge is 0.193 e. The molecule has 112 valence electrons. The molecule has 0 saturated heterocycles. The summed E-state index contributed by atoms with van der Waals surface area (Å²) in [6, 6.07) is 9.89. The molecule has 4 nitrogen and oxygen atoms in total. The van der Waals surface area contributed by atoms with Crippen molar-refractivity contribution in [3.8, 4) is 0 Å². The van der Waals surface area contributed by atoms with Crippen molar-refractivity contribution >= 4 is 11.6 Å². The van der Waals surface area contributed by atoms with E-state index >= 15 is 0 Å². The Morgan fingerprint density at radius 1 is 1.05 bits per heavy atom. The van der Waals surface area contributed by atoms with Gasteiger partial charge in [-0.1, -0.05) is 37.5 Å². The van der Waals surface area contributed by atoms with Gasteiger partial charge in [0.15, 0.2) is 5.96 Å². The van der Waals surface area contributed by atoms with Crippen LogP contribution in [-0.4, -0.2) is 38.0 Å². The van der Waals surface area contributed by atoms with E-state index in [1.807, 2.05) is 30.3 Å². The third kappa shape index (κ3) is 8.53. The number of anilines is 1. The zero-order valence-electron chi connectivity index (χ0n) is 12.8. The molecule has 1 aromatic rings. The van der Waals surface area contributed by atoms with Crippen LogP contribution in [0.15, 0.2) is 35.3 Å². The van der Waals surface area contributed by atoms with Crippen LogP contribution in [0.2, 0.25) is 0 Å². The highest BCUT2D eigenvalue weighted by Gasteiger charge is 1.94. The third-order valence-corrected chi connectivity index (χ3v) is 3.09. The van der Waals surface area contributed by atoms with Gasteiger partial charge in [0, 0.05) is 12.2 Å². The molecule has 0 unspecified atom stereocenters. The summed E-state index contributed by atoms with van der Waals surface area (Å²) in [4.78, 5) is 6.58. The average molecular weight is 276 g/mol. The van der Waals surface area contributed by atoms with Gasteiger partial charge in [0.2, 0.25) is 0 Å². The number of para-hydroxylation sites is 1. The van der Waals surface area contributed by atoms with E-state index in [9.17, 15) is 0 Å². The SMILES string of the molecule is CN(C)CCCCCCCN=C(N)Nc1ccccc1. The standard InChI is InChI=1S/C16H28N4/c1-20(2)14-10-5-3-4-9-13-18-16(17)19-15-11-7-6-8-12-15/h6-8,11-12H,3-5,9-10,13-14H2,1-2H3,(H3,17,18,19). The number of aliphatic imine (C=N–C) groups is 1. The molecule has 0 fully saturated rings. The highest BCUT2D eigenvalue weighted by Crippen LogP contribution is 2.05. The van der Waals surface area contributed by atoms with E-state index in [-0.39, 0.29) is 0 Å². The average Bonchev–Trinajstić information content (AvgIpc) is 2.42.